The predicted molar refractivity (Wildman–Crippen MR) is 168 cm³/mol. The van der Waals surface area contributed by atoms with Crippen LogP contribution in [0.1, 0.15) is 110 Å². The minimum atomic E-state index is 0.449. The summed E-state index contributed by atoms with van der Waals surface area (Å²) in [5.41, 5.74) is 6.45. The van der Waals surface area contributed by atoms with E-state index in [0.29, 0.717) is 11.5 Å². The summed E-state index contributed by atoms with van der Waals surface area (Å²) >= 11 is 0. The van der Waals surface area contributed by atoms with E-state index < -0.39 is 0 Å². The van der Waals surface area contributed by atoms with Crippen LogP contribution < -0.4 is 21.3 Å². The highest BCUT2D eigenvalue weighted by Gasteiger charge is 2.10. The molecule has 0 radical (unpaired) electrons. The Morgan fingerprint density at radius 2 is 0.625 bits per heavy atom. The third-order valence-corrected chi connectivity index (χ3v) is 8.00. The Morgan fingerprint density at radius 1 is 0.400 bits per heavy atom. The quantitative estimate of drug-likeness (QED) is 0.225. The molecule has 2 aromatic rings. The maximum atomic E-state index is 10.8. The Balaban J connectivity index is 1.46. The van der Waals surface area contributed by atoms with E-state index in [2.05, 4.69) is 59.4 Å². The topological polar surface area (TPSA) is 88.6 Å². The van der Waals surface area contributed by atoms with Crippen molar-refractivity contribution in [2.24, 2.45) is 0 Å². The van der Waals surface area contributed by atoms with Gasteiger partial charge in [-0.15, -0.1) is 0 Å². The lowest BCUT2D eigenvalue weighted by Crippen LogP contribution is -2.18. The largest absolute Gasteiger partial charge is 0.507 e. The zero-order valence-electron chi connectivity index (χ0n) is 25.3. The van der Waals surface area contributed by atoms with Gasteiger partial charge in [0.05, 0.1) is 0 Å². The third kappa shape index (κ3) is 12.2. The molecule has 6 heteroatoms. The van der Waals surface area contributed by atoms with Crippen molar-refractivity contribution in [1.82, 2.24) is 21.3 Å². The Hall–Kier alpha value is -2.12. The van der Waals surface area contributed by atoms with Gasteiger partial charge in [0, 0.05) is 48.4 Å². The van der Waals surface area contributed by atoms with Crippen molar-refractivity contribution in [2.75, 3.05) is 26.2 Å². The van der Waals surface area contributed by atoms with Gasteiger partial charge in [-0.2, -0.15) is 0 Å². The molecule has 2 aromatic carbocycles. The van der Waals surface area contributed by atoms with Crippen LogP contribution in [0.25, 0.3) is 0 Å². The predicted octanol–water partition coefficient (Wildman–Crippen LogP) is 6.47. The highest BCUT2D eigenvalue weighted by Crippen LogP contribution is 2.26. The lowest BCUT2D eigenvalue weighted by molar-refractivity contribution is 0.450. The zero-order chi connectivity index (χ0) is 28.4. The van der Waals surface area contributed by atoms with Crippen molar-refractivity contribution in [1.29, 1.82) is 0 Å². The average molecular weight is 553 g/mol. The molecular formula is C34H56N4O2. The number of benzene rings is 2. The van der Waals surface area contributed by atoms with Gasteiger partial charge in [0.1, 0.15) is 11.5 Å². The van der Waals surface area contributed by atoms with Gasteiger partial charge < -0.3 is 31.5 Å². The van der Waals surface area contributed by atoms with Crippen molar-refractivity contribution < 1.29 is 10.2 Å². The molecule has 0 unspecified atom stereocenters. The van der Waals surface area contributed by atoms with E-state index >= 15 is 0 Å². The summed E-state index contributed by atoms with van der Waals surface area (Å²) in [6, 6.07) is 8.43. The highest BCUT2D eigenvalue weighted by atomic mass is 16.3. The third-order valence-electron chi connectivity index (χ3n) is 8.00. The maximum Gasteiger partial charge on any atom is 0.124 e. The number of aromatic hydroxyl groups is 2. The van der Waals surface area contributed by atoms with Gasteiger partial charge in [0.25, 0.3) is 0 Å². The molecule has 0 atom stereocenters. The second kappa shape index (κ2) is 19.1. The first-order valence-corrected chi connectivity index (χ1v) is 16.0. The summed E-state index contributed by atoms with van der Waals surface area (Å²) in [6.45, 7) is 11.1. The normalized spacial score (nSPS) is 19.1. The first kappa shape index (κ1) is 32.4. The summed E-state index contributed by atoms with van der Waals surface area (Å²) < 4.78 is 0. The molecule has 1 heterocycles. The molecule has 6 nitrogen and oxygen atoms in total. The van der Waals surface area contributed by atoms with Crippen LogP contribution >= 0.6 is 0 Å². The van der Waals surface area contributed by atoms with Crippen LogP contribution in [-0.4, -0.2) is 36.4 Å². The van der Waals surface area contributed by atoms with Crippen molar-refractivity contribution in [2.45, 2.75) is 117 Å². The van der Waals surface area contributed by atoms with Crippen molar-refractivity contribution in [3.05, 3.63) is 57.6 Å². The number of nitrogens with one attached hydrogen (secondary N) is 4. The molecule has 224 valence electrons. The van der Waals surface area contributed by atoms with E-state index in [4.69, 9.17) is 0 Å². The lowest BCUT2D eigenvalue weighted by atomic mass is 10.0. The van der Waals surface area contributed by atoms with Gasteiger partial charge in [-0.1, -0.05) is 86.8 Å². The van der Waals surface area contributed by atoms with Gasteiger partial charge in [0.2, 0.25) is 0 Å². The molecule has 1 aliphatic heterocycles. The molecule has 3 rings (SSSR count). The Labute approximate surface area is 243 Å². The minimum absolute atomic E-state index is 0.449. The van der Waals surface area contributed by atoms with Gasteiger partial charge in [-0.05, 0) is 65.7 Å². The van der Waals surface area contributed by atoms with Crippen LogP contribution in [0.5, 0.6) is 11.5 Å². The summed E-state index contributed by atoms with van der Waals surface area (Å²) in [6.07, 6.45) is 14.7. The lowest BCUT2D eigenvalue weighted by Gasteiger charge is -2.14. The average Bonchev–Trinajstić information content (AvgIpc) is 2.93. The Bertz CT molecular complexity index is 844. The second-order valence-electron chi connectivity index (χ2n) is 11.8. The van der Waals surface area contributed by atoms with Gasteiger partial charge in [0.15, 0.2) is 0 Å². The van der Waals surface area contributed by atoms with Crippen molar-refractivity contribution in [3.63, 3.8) is 0 Å². The molecule has 1 aliphatic rings. The van der Waals surface area contributed by atoms with Crippen molar-refractivity contribution >= 4 is 0 Å². The summed E-state index contributed by atoms with van der Waals surface area (Å²) in [5.74, 6) is 0.898. The van der Waals surface area contributed by atoms with Crippen LogP contribution in [0.2, 0.25) is 0 Å². The first-order valence-electron chi connectivity index (χ1n) is 16.0. The molecule has 6 N–H and O–H groups in total. The van der Waals surface area contributed by atoms with E-state index in [-0.39, 0.29) is 0 Å². The number of rotatable bonds is 0. The fraction of sp³-hybridized carbons (Fsp3) is 0.647. The van der Waals surface area contributed by atoms with E-state index in [9.17, 15) is 10.2 Å². The summed E-state index contributed by atoms with van der Waals surface area (Å²) in [7, 11) is 0. The fourth-order valence-corrected chi connectivity index (χ4v) is 5.71. The number of phenols is 2. The number of phenolic OH excluding ortho intramolecular Hbond substituents is 2. The number of fused-ring (bicyclic) bond motifs is 4. The molecule has 40 heavy (non-hydrogen) atoms. The van der Waals surface area contributed by atoms with Gasteiger partial charge >= 0.3 is 0 Å². The molecule has 0 saturated carbocycles. The van der Waals surface area contributed by atoms with E-state index in [1.165, 1.54) is 88.2 Å². The SMILES string of the molecule is Cc1cc2c(O)c(c1)CNCCCCCCCCNCc1cc(C)cc(c1O)CNCCCCCCCCNC2. The van der Waals surface area contributed by atoms with Crippen LogP contribution in [0.15, 0.2) is 24.3 Å². The van der Waals surface area contributed by atoms with Crippen LogP contribution in [0.4, 0.5) is 0 Å². The monoisotopic (exact) mass is 552 g/mol. The van der Waals surface area contributed by atoms with E-state index in [0.717, 1.165) is 74.6 Å². The Morgan fingerprint density at radius 3 is 0.875 bits per heavy atom. The minimum Gasteiger partial charge on any atom is -0.507 e. The standard InChI is InChI=1S/C34H56N4O2/c1-27-19-29-23-35-15-11-7-3-5-9-13-17-37-25-31-21-28(2)22-32(34(31)40)26-38-18-14-10-6-4-8-12-16-36-24-30(20-27)33(29)39/h19-22,35-40H,3-18,23-26H2,1-2H3. The van der Waals surface area contributed by atoms with Crippen LogP contribution in [0.3, 0.4) is 0 Å². The second-order valence-corrected chi connectivity index (χ2v) is 11.8. The molecule has 0 spiro atoms. The van der Waals surface area contributed by atoms with Gasteiger partial charge in [-0.25, -0.2) is 0 Å². The first-order chi connectivity index (χ1) is 19.5. The molecular weight excluding hydrogens is 496 g/mol. The number of hydrogen-bond acceptors (Lipinski definition) is 6. The number of aryl methyl sites for hydroxylation is 2. The highest BCUT2D eigenvalue weighted by molar-refractivity contribution is 5.44. The zero-order valence-corrected chi connectivity index (χ0v) is 25.3. The summed E-state index contributed by atoms with van der Waals surface area (Å²) in [4.78, 5) is 0. The number of hydrogen-bond donors (Lipinski definition) is 6. The summed E-state index contributed by atoms with van der Waals surface area (Å²) in [5, 5.41) is 35.8. The van der Waals surface area contributed by atoms with Crippen molar-refractivity contribution in [3.8, 4) is 11.5 Å². The van der Waals surface area contributed by atoms with E-state index in [1.807, 2.05) is 0 Å². The smallest absolute Gasteiger partial charge is 0.124 e. The van der Waals surface area contributed by atoms with Gasteiger partial charge in [-0.3, -0.25) is 0 Å². The molecule has 4 bridgehead atoms. The maximum absolute atomic E-state index is 10.8. The van der Waals surface area contributed by atoms with Crippen LogP contribution in [0, 0.1) is 13.8 Å². The Kier molecular flexibility index (Phi) is 15.5. The molecule has 0 saturated heterocycles. The fourth-order valence-electron chi connectivity index (χ4n) is 5.71. The molecule has 0 aromatic heterocycles. The van der Waals surface area contributed by atoms with E-state index in [1.54, 1.807) is 0 Å². The molecule has 0 fully saturated rings. The molecule has 0 amide bonds. The van der Waals surface area contributed by atoms with Crippen LogP contribution in [-0.2, 0) is 26.2 Å². The molecule has 0 aliphatic carbocycles.